The molecule has 0 unspecified atom stereocenters. The van der Waals surface area contributed by atoms with E-state index in [0.717, 1.165) is 70.5 Å². The van der Waals surface area contributed by atoms with Crippen molar-refractivity contribution >= 4 is 11.8 Å². The molecule has 2 amide bonds. The monoisotopic (exact) mass is 450 g/mol. The first-order valence-corrected chi connectivity index (χ1v) is 13.3. The second-order valence-electron chi connectivity index (χ2n) is 10.5. The zero-order valence-electron chi connectivity index (χ0n) is 21.5. The summed E-state index contributed by atoms with van der Waals surface area (Å²) in [6.07, 6.45) is 12.1. The maximum absolute atomic E-state index is 12.6. The van der Waals surface area contributed by atoms with Crippen LogP contribution in [0, 0.1) is 11.8 Å². The van der Waals surface area contributed by atoms with Crippen LogP contribution in [0.15, 0.2) is 0 Å². The zero-order valence-corrected chi connectivity index (χ0v) is 21.5. The minimum absolute atomic E-state index is 0.340. The van der Waals surface area contributed by atoms with E-state index in [1.807, 2.05) is 0 Å². The van der Waals surface area contributed by atoms with Crippen LogP contribution >= 0.6 is 0 Å². The van der Waals surface area contributed by atoms with E-state index in [2.05, 4.69) is 47.7 Å². The Kier molecular flexibility index (Phi) is 12.6. The fourth-order valence-electron chi connectivity index (χ4n) is 5.22. The maximum Gasteiger partial charge on any atom is 0.223 e. The van der Waals surface area contributed by atoms with Gasteiger partial charge in [0.25, 0.3) is 0 Å². The van der Waals surface area contributed by atoms with Gasteiger partial charge < -0.3 is 19.6 Å². The predicted molar refractivity (Wildman–Crippen MR) is 133 cm³/mol. The van der Waals surface area contributed by atoms with Crippen LogP contribution in [0.4, 0.5) is 0 Å². The molecule has 6 nitrogen and oxygen atoms in total. The van der Waals surface area contributed by atoms with Gasteiger partial charge in [0.1, 0.15) is 0 Å². The van der Waals surface area contributed by atoms with Gasteiger partial charge in [0.2, 0.25) is 11.8 Å². The summed E-state index contributed by atoms with van der Waals surface area (Å²) >= 11 is 0. The third-order valence-corrected chi connectivity index (χ3v) is 7.48. The Hall–Kier alpha value is -1.14. The van der Waals surface area contributed by atoms with Gasteiger partial charge in [0.15, 0.2) is 0 Å². The molecule has 2 heterocycles. The van der Waals surface area contributed by atoms with Gasteiger partial charge in [-0.05, 0) is 84.6 Å². The largest absolute Gasteiger partial charge is 0.343 e. The molecule has 2 rings (SSSR count). The summed E-state index contributed by atoms with van der Waals surface area (Å²) in [7, 11) is 6.34. The van der Waals surface area contributed by atoms with Crippen molar-refractivity contribution in [3.8, 4) is 0 Å². The van der Waals surface area contributed by atoms with Crippen molar-refractivity contribution in [3.63, 3.8) is 0 Å². The second kappa shape index (κ2) is 14.9. The summed E-state index contributed by atoms with van der Waals surface area (Å²) in [5, 5.41) is 0. The number of rotatable bonds is 13. The molecule has 0 aromatic carbocycles. The zero-order chi connectivity index (χ0) is 23.3. The van der Waals surface area contributed by atoms with E-state index < -0.39 is 0 Å². The van der Waals surface area contributed by atoms with Crippen LogP contribution in [0.2, 0.25) is 0 Å². The molecule has 2 aliphatic rings. The molecule has 186 valence electrons. The topological polar surface area (TPSA) is 47.1 Å². The number of piperidine rings is 2. The highest BCUT2D eigenvalue weighted by atomic mass is 16.2. The summed E-state index contributed by atoms with van der Waals surface area (Å²) in [5.74, 6) is 2.28. The highest BCUT2D eigenvalue weighted by molar-refractivity contribution is 5.76. The first-order valence-electron chi connectivity index (χ1n) is 13.3. The Morgan fingerprint density at radius 2 is 1.22 bits per heavy atom. The first-order chi connectivity index (χ1) is 15.4. The fraction of sp³-hybridized carbons (Fsp3) is 0.923. The lowest BCUT2D eigenvalue weighted by atomic mass is 9.86. The predicted octanol–water partition coefficient (Wildman–Crippen LogP) is 3.71. The van der Waals surface area contributed by atoms with Crippen LogP contribution < -0.4 is 0 Å². The molecule has 0 N–H and O–H groups in total. The third kappa shape index (κ3) is 10.2. The quantitative estimate of drug-likeness (QED) is 0.429. The molecule has 0 spiro atoms. The van der Waals surface area contributed by atoms with Crippen molar-refractivity contribution < 1.29 is 9.59 Å². The van der Waals surface area contributed by atoms with Crippen LogP contribution in [-0.4, -0.2) is 98.4 Å². The van der Waals surface area contributed by atoms with E-state index in [1.54, 1.807) is 0 Å². The minimum Gasteiger partial charge on any atom is -0.343 e. The van der Waals surface area contributed by atoms with E-state index in [4.69, 9.17) is 0 Å². The summed E-state index contributed by atoms with van der Waals surface area (Å²) in [4.78, 5) is 33.3. The average Bonchev–Trinajstić information content (AvgIpc) is 2.78. The van der Waals surface area contributed by atoms with E-state index in [1.165, 1.54) is 44.9 Å². The van der Waals surface area contributed by atoms with Crippen LogP contribution in [0.3, 0.4) is 0 Å². The normalized spacial score (nSPS) is 18.7. The summed E-state index contributed by atoms with van der Waals surface area (Å²) in [5.41, 5.74) is 0. The molecule has 32 heavy (non-hydrogen) atoms. The summed E-state index contributed by atoms with van der Waals surface area (Å²) in [6.45, 7) is 8.94. The second-order valence-corrected chi connectivity index (χ2v) is 10.5. The molecular weight excluding hydrogens is 400 g/mol. The lowest BCUT2D eigenvalue weighted by Crippen LogP contribution is -2.40. The number of nitrogens with zero attached hydrogens (tertiary/aromatic N) is 4. The van der Waals surface area contributed by atoms with Gasteiger partial charge in [-0.1, -0.05) is 26.2 Å². The van der Waals surface area contributed by atoms with E-state index in [9.17, 15) is 9.59 Å². The van der Waals surface area contributed by atoms with Crippen molar-refractivity contribution in [1.29, 1.82) is 0 Å². The summed E-state index contributed by atoms with van der Waals surface area (Å²) in [6, 6.07) is 0. The molecular formula is C26H50N4O2. The minimum atomic E-state index is 0.340. The number of likely N-dealkylation sites (tertiary alicyclic amines) is 2. The smallest absolute Gasteiger partial charge is 0.223 e. The van der Waals surface area contributed by atoms with Gasteiger partial charge in [0.05, 0.1) is 0 Å². The third-order valence-electron chi connectivity index (χ3n) is 7.48. The molecule has 0 aliphatic carbocycles. The van der Waals surface area contributed by atoms with Crippen molar-refractivity contribution in [2.45, 2.75) is 77.6 Å². The Labute approximate surface area is 197 Å². The van der Waals surface area contributed by atoms with Gasteiger partial charge in [-0.15, -0.1) is 0 Å². The van der Waals surface area contributed by atoms with Gasteiger partial charge >= 0.3 is 0 Å². The molecule has 0 bridgehead atoms. The Morgan fingerprint density at radius 1 is 0.719 bits per heavy atom. The van der Waals surface area contributed by atoms with Crippen molar-refractivity contribution in [1.82, 2.24) is 19.6 Å². The van der Waals surface area contributed by atoms with E-state index in [0.29, 0.717) is 24.7 Å². The molecule has 0 saturated carbocycles. The number of hydrogen-bond acceptors (Lipinski definition) is 4. The lowest BCUT2D eigenvalue weighted by molar-refractivity contribution is -0.133. The Morgan fingerprint density at radius 3 is 1.69 bits per heavy atom. The highest BCUT2D eigenvalue weighted by Crippen LogP contribution is 2.27. The van der Waals surface area contributed by atoms with Crippen molar-refractivity contribution in [2.75, 3.05) is 67.0 Å². The molecule has 2 aliphatic heterocycles. The Bertz CT molecular complexity index is 538. The first kappa shape index (κ1) is 27.1. The molecule has 0 atom stereocenters. The van der Waals surface area contributed by atoms with Gasteiger partial charge in [-0.3, -0.25) is 9.59 Å². The van der Waals surface area contributed by atoms with Crippen LogP contribution in [0.25, 0.3) is 0 Å². The number of carbonyl (C=O) groups is 2. The van der Waals surface area contributed by atoms with Crippen molar-refractivity contribution in [3.05, 3.63) is 0 Å². The number of hydrogen-bond donors (Lipinski definition) is 0. The van der Waals surface area contributed by atoms with Gasteiger partial charge in [0, 0.05) is 45.6 Å². The molecule has 2 fully saturated rings. The molecule has 0 aromatic heterocycles. The molecule has 6 heteroatoms. The van der Waals surface area contributed by atoms with E-state index in [-0.39, 0.29) is 0 Å². The molecule has 2 saturated heterocycles. The summed E-state index contributed by atoms with van der Waals surface area (Å²) < 4.78 is 0. The standard InChI is InChI=1S/C26H50N4O2/c1-5-8-25(31)29-19-11-23(12-20-29)9-6-10-24-13-21-30(22-14-24)26(32)15-18-28(4)17-7-16-27(2)3/h23-24H,5-22H2,1-4H3. The average molecular weight is 451 g/mol. The highest BCUT2D eigenvalue weighted by Gasteiger charge is 2.24. The van der Waals surface area contributed by atoms with Gasteiger partial charge in [-0.2, -0.15) is 0 Å². The number of carbonyl (C=O) groups excluding carboxylic acids is 2. The van der Waals surface area contributed by atoms with E-state index >= 15 is 0 Å². The SMILES string of the molecule is CCCC(=O)N1CCC(CCCC2CCN(C(=O)CCN(C)CCCN(C)C)CC2)CC1. The number of amides is 2. The van der Waals surface area contributed by atoms with Crippen LogP contribution in [0.1, 0.15) is 77.6 Å². The van der Waals surface area contributed by atoms with Crippen LogP contribution in [0.5, 0.6) is 0 Å². The fourth-order valence-corrected chi connectivity index (χ4v) is 5.22. The lowest BCUT2D eigenvalue weighted by Gasteiger charge is -2.34. The molecule has 0 aromatic rings. The Balaban J connectivity index is 1.52. The van der Waals surface area contributed by atoms with Crippen molar-refractivity contribution in [2.24, 2.45) is 11.8 Å². The molecule has 0 radical (unpaired) electrons. The van der Waals surface area contributed by atoms with Crippen LogP contribution in [-0.2, 0) is 9.59 Å². The van der Waals surface area contributed by atoms with Gasteiger partial charge in [-0.25, -0.2) is 0 Å². The maximum atomic E-state index is 12.6.